The standard InChI is InChI=1S/C17H28O/c1-3-4-5-6-9-12-16-14-17(16)13-10-7-8-11-15(2)18/h6-11,15-18H,3-5,12-14H2,1-2H3/b9-6-,10-7-,11-8+/t15-,16-,17-/m1/s1. The highest BCUT2D eigenvalue weighted by Crippen LogP contribution is 2.44. The number of hydrogen-bond acceptors (Lipinski definition) is 1. The molecule has 18 heavy (non-hydrogen) atoms. The minimum absolute atomic E-state index is 0.336. The van der Waals surface area contributed by atoms with Crippen LogP contribution in [0.5, 0.6) is 0 Å². The van der Waals surface area contributed by atoms with E-state index in [-0.39, 0.29) is 6.10 Å². The van der Waals surface area contributed by atoms with E-state index in [2.05, 4.69) is 31.2 Å². The molecule has 1 heteroatoms. The molecule has 1 nitrogen and oxygen atoms in total. The quantitative estimate of drug-likeness (QED) is 0.358. The highest BCUT2D eigenvalue weighted by atomic mass is 16.3. The first kappa shape index (κ1) is 15.2. The monoisotopic (exact) mass is 248 g/mol. The zero-order chi connectivity index (χ0) is 13.2. The third kappa shape index (κ3) is 7.50. The molecular formula is C17H28O. The van der Waals surface area contributed by atoms with Gasteiger partial charge in [0.1, 0.15) is 0 Å². The Hall–Kier alpha value is -0.820. The van der Waals surface area contributed by atoms with Crippen molar-refractivity contribution < 1.29 is 5.11 Å². The fourth-order valence-electron chi connectivity index (χ4n) is 2.16. The summed E-state index contributed by atoms with van der Waals surface area (Å²) < 4.78 is 0. The van der Waals surface area contributed by atoms with Crippen LogP contribution in [-0.4, -0.2) is 11.2 Å². The second-order valence-electron chi connectivity index (χ2n) is 5.39. The lowest BCUT2D eigenvalue weighted by Gasteiger charge is -1.93. The summed E-state index contributed by atoms with van der Waals surface area (Å²) in [5, 5.41) is 9.05. The van der Waals surface area contributed by atoms with E-state index in [1.54, 1.807) is 13.0 Å². The van der Waals surface area contributed by atoms with Crippen molar-refractivity contribution in [2.45, 2.75) is 58.5 Å². The summed E-state index contributed by atoms with van der Waals surface area (Å²) in [7, 11) is 0. The Bertz CT molecular complexity index is 286. The van der Waals surface area contributed by atoms with E-state index in [0.29, 0.717) is 0 Å². The average molecular weight is 248 g/mol. The summed E-state index contributed by atoms with van der Waals surface area (Å²) in [5.74, 6) is 1.82. The first-order chi connectivity index (χ1) is 8.74. The van der Waals surface area contributed by atoms with E-state index < -0.39 is 0 Å². The molecular weight excluding hydrogens is 220 g/mol. The van der Waals surface area contributed by atoms with Crippen molar-refractivity contribution in [1.82, 2.24) is 0 Å². The van der Waals surface area contributed by atoms with Crippen LogP contribution < -0.4 is 0 Å². The topological polar surface area (TPSA) is 20.2 Å². The molecule has 1 fully saturated rings. The first-order valence-corrected chi connectivity index (χ1v) is 7.40. The van der Waals surface area contributed by atoms with Gasteiger partial charge < -0.3 is 5.11 Å². The van der Waals surface area contributed by atoms with Crippen LogP contribution in [0.15, 0.2) is 36.5 Å². The van der Waals surface area contributed by atoms with Crippen molar-refractivity contribution in [2.24, 2.45) is 11.8 Å². The lowest BCUT2D eigenvalue weighted by Crippen LogP contribution is -1.90. The maximum atomic E-state index is 9.05. The van der Waals surface area contributed by atoms with Crippen molar-refractivity contribution in [3.05, 3.63) is 36.5 Å². The molecule has 0 aliphatic heterocycles. The second-order valence-corrected chi connectivity index (χ2v) is 5.39. The molecule has 1 aliphatic carbocycles. The largest absolute Gasteiger partial charge is 0.389 e. The van der Waals surface area contributed by atoms with E-state index in [9.17, 15) is 0 Å². The predicted octanol–water partition coefficient (Wildman–Crippen LogP) is 4.64. The van der Waals surface area contributed by atoms with Gasteiger partial charge in [0.05, 0.1) is 6.10 Å². The second kappa shape index (κ2) is 9.16. The summed E-state index contributed by atoms with van der Waals surface area (Å²) in [5.41, 5.74) is 0. The lowest BCUT2D eigenvalue weighted by atomic mass is 10.1. The van der Waals surface area contributed by atoms with Gasteiger partial charge in [0.15, 0.2) is 0 Å². The SMILES string of the molecule is CCCC/C=C\C[C@@H]1C[C@H]1C/C=C\C=C\[C@@H](C)O. The lowest BCUT2D eigenvalue weighted by molar-refractivity contribution is 0.244. The molecule has 3 atom stereocenters. The van der Waals surface area contributed by atoms with E-state index >= 15 is 0 Å². The zero-order valence-electron chi connectivity index (χ0n) is 11.9. The minimum atomic E-state index is -0.336. The molecule has 1 saturated carbocycles. The summed E-state index contributed by atoms with van der Waals surface area (Å²) in [6.45, 7) is 4.01. The Labute approximate surface area is 112 Å². The van der Waals surface area contributed by atoms with Crippen LogP contribution in [0.2, 0.25) is 0 Å². The van der Waals surface area contributed by atoms with Gasteiger partial charge in [-0.25, -0.2) is 0 Å². The zero-order valence-corrected chi connectivity index (χ0v) is 11.9. The average Bonchev–Trinajstić information content (AvgIpc) is 3.07. The van der Waals surface area contributed by atoms with Gasteiger partial charge in [-0.1, -0.05) is 56.2 Å². The summed E-state index contributed by atoms with van der Waals surface area (Å²) in [4.78, 5) is 0. The van der Waals surface area contributed by atoms with Crippen LogP contribution in [0.3, 0.4) is 0 Å². The fourth-order valence-corrected chi connectivity index (χ4v) is 2.16. The molecule has 0 unspecified atom stereocenters. The van der Waals surface area contributed by atoms with Gasteiger partial charge in [-0.05, 0) is 44.4 Å². The maximum Gasteiger partial charge on any atom is 0.0695 e. The molecule has 0 aromatic rings. The Morgan fingerprint density at radius 1 is 1.11 bits per heavy atom. The highest BCUT2D eigenvalue weighted by Gasteiger charge is 2.34. The predicted molar refractivity (Wildman–Crippen MR) is 79.5 cm³/mol. The molecule has 0 aromatic carbocycles. The molecule has 0 spiro atoms. The van der Waals surface area contributed by atoms with Crippen LogP contribution in [0.1, 0.15) is 52.4 Å². The van der Waals surface area contributed by atoms with Crippen LogP contribution in [0.25, 0.3) is 0 Å². The number of rotatable bonds is 9. The smallest absolute Gasteiger partial charge is 0.0695 e. The van der Waals surface area contributed by atoms with Crippen LogP contribution in [-0.2, 0) is 0 Å². The number of hydrogen-bond donors (Lipinski definition) is 1. The summed E-state index contributed by atoms with van der Waals surface area (Å²) in [6.07, 6.45) is 20.1. The first-order valence-electron chi connectivity index (χ1n) is 7.40. The minimum Gasteiger partial charge on any atom is -0.389 e. The van der Waals surface area contributed by atoms with Gasteiger partial charge >= 0.3 is 0 Å². The molecule has 0 aromatic heterocycles. The summed E-state index contributed by atoms with van der Waals surface area (Å²) in [6, 6.07) is 0. The number of aliphatic hydroxyl groups excluding tert-OH is 1. The van der Waals surface area contributed by atoms with Crippen LogP contribution >= 0.6 is 0 Å². The Morgan fingerprint density at radius 3 is 2.50 bits per heavy atom. The van der Waals surface area contributed by atoms with Crippen LogP contribution in [0, 0.1) is 11.8 Å². The molecule has 0 bridgehead atoms. The van der Waals surface area contributed by atoms with E-state index in [0.717, 1.165) is 11.8 Å². The third-order valence-electron chi connectivity index (χ3n) is 3.47. The van der Waals surface area contributed by atoms with Gasteiger partial charge in [0.25, 0.3) is 0 Å². The summed E-state index contributed by atoms with van der Waals surface area (Å²) >= 11 is 0. The van der Waals surface area contributed by atoms with Gasteiger partial charge in [-0.15, -0.1) is 0 Å². The van der Waals surface area contributed by atoms with Crippen molar-refractivity contribution in [1.29, 1.82) is 0 Å². The van der Waals surface area contributed by atoms with E-state index in [1.807, 2.05) is 6.08 Å². The fraction of sp³-hybridized carbons (Fsp3) is 0.647. The van der Waals surface area contributed by atoms with Crippen molar-refractivity contribution in [3.63, 3.8) is 0 Å². The van der Waals surface area contributed by atoms with Gasteiger partial charge in [0.2, 0.25) is 0 Å². The number of aliphatic hydroxyl groups is 1. The molecule has 0 heterocycles. The number of unbranched alkanes of at least 4 members (excludes halogenated alkanes) is 2. The van der Waals surface area contributed by atoms with Crippen molar-refractivity contribution in [3.8, 4) is 0 Å². The third-order valence-corrected chi connectivity index (χ3v) is 3.47. The van der Waals surface area contributed by atoms with Gasteiger partial charge in [0, 0.05) is 0 Å². The molecule has 1 aliphatic rings. The molecule has 1 N–H and O–H groups in total. The molecule has 102 valence electrons. The Morgan fingerprint density at radius 2 is 1.83 bits per heavy atom. The maximum absolute atomic E-state index is 9.05. The number of allylic oxidation sites excluding steroid dienone is 5. The van der Waals surface area contributed by atoms with Crippen LogP contribution in [0.4, 0.5) is 0 Å². The molecule has 1 rings (SSSR count). The Kier molecular flexibility index (Phi) is 7.75. The Balaban J connectivity index is 2.02. The molecule has 0 radical (unpaired) electrons. The molecule has 0 saturated heterocycles. The molecule has 0 amide bonds. The van der Waals surface area contributed by atoms with E-state index in [1.165, 1.54) is 38.5 Å². The van der Waals surface area contributed by atoms with E-state index in [4.69, 9.17) is 5.11 Å². The van der Waals surface area contributed by atoms with Gasteiger partial charge in [-0.3, -0.25) is 0 Å². The van der Waals surface area contributed by atoms with Crippen molar-refractivity contribution >= 4 is 0 Å². The van der Waals surface area contributed by atoms with Gasteiger partial charge in [-0.2, -0.15) is 0 Å². The highest BCUT2D eigenvalue weighted by molar-refractivity contribution is 5.06. The van der Waals surface area contributed by atoms with Crippen molar-refractivity contribution in [2.75, 3.05) is 0 Å². The normalized spacial score (nSPS) is 25.5.